The first kappa shape index (κ1) is 14.7. The van der Waals surface area contributed by atoms with Gasteiger partial charge in [-0.2, -0.15) is 9.65 Å². The maximum atomic E-state index is 14.3. The molecule has 3 aromatic rings. The van der Waals surface area contributed by atoms with E-state index in [1.165, 1.54) is 6.07 Å². The van der Waals surface area contributed by atoms with Crippen molar-refractivity contribution in [3.05, 3.63) is 35.7 Å². The Bertz CT molecular complexity index is 931. The van der Waals surface area contributed by atoms with Gasteiger partial charge in [0.15, 0.2) is 5.82 Å². The zero-order valence-corrected chi connectivity index (χ0v) is 12.9. The van der Waals surface area contributed by atoms with E-state index in [4.69, 9.17) is 11.0 Å². The summed E-state index contributed by atoms with van der Waals surface area (Å²) in [6.07, 6.45) is 1.64. The Morgan fingerprint density at radius 1 is 1.35 bits per heavy atom. The molecule has 0 saturated heterocycles. The van der Waals surface area contributed by atoms with Crippen LogP contribution in [0.5, 0.6) is 0 Å². The molecule has 7 nitrogen and oxygen atoms in total. The van der Waals surface area contributed by atoms with Crippen LogP contribution in [0.25, 0.3) is 11.0 Å². The van der Waals surface area contributed by atoms with Crippen LogP contribution >= 0.6 is 0 Å². The van der Waals surface area contributed by atoms with Gasteiger partial charge in [0.1, 0.15) is 28.8 Å². The molecule has 0 amide bonds. The Labute approximate surface area is 131 Å². The van der Waals surface area contributed by atoms with Crippen molar-refractivity contribution in [2.24, 2.45) is 7.05 Å². The molecule has 0 radical (unpaired) electrons. The number of nitriles is 1. The molecule has 0 saturated carbocycles. The summed E-state index contributed by atoms with van der Waals surface area (Å²) in [5.74, 6) is 0.00578. The number of imidazole rings is 1. The Morgan fingerprint density at radius 2 is 2.09 bits per heavy atom. The van der Waals surface area contributed by atoms with Gasteiger partial charge in [0.05, 0.1) is 11.8 Å². The van der Waals surface area contributed by atoms with Crippen molar-refractivity contribution in [1.82, 2.24) is 19.5 Å². The fourth-order valence-electron chi connectivity index (χ4n) is 2.51. The van der Waals surface area contributed by atoms with E-state index in [2.05, 4.69) is 15.0 Å². The van der Waals surface area contributed by atoms with Crippen molar-refractivity contribution in [3.8, 4) is 6.07 Å². The van der Waals surface area contributed by atoms with Crippen LogP contribution in [0.2, 0.25) is 0 Å². The van der Waals surface area contributed by atoms with Gasteiger partial charge in [0.25, 0.3) is 0 Å². The zero-order chi connectivity index (χ0) is 16.7. The van der Waals surface area contributed by atoms with Crippen molar-refractivity contribution >= 4 is 28.4 Å². The maximum absolute atomic E-state index is 14.3. The number of pyridine rings is 2. The first-order valence-corrected chi connectivity index (χ1v) is 6.81. The van der Waals surface area contributed by atoms with Crippen LogP contribution in [0.15, 0.2) is 18.5 Å². The van der Waals surface area contributed by atoms with Crippen LogP contribution in [0.1, 0.15) is 11.3 Å². The van der Waals surface area contributed by atoms with E-state index in [1.54, 1.807) is 31.3 Å². The Balaban J connectivity index is 2.16. The zero-order valence-electron chi connectivity index (χ0n) is 12.9. The third kappa shape index (κ3) is 2.32. The highest BCUT2D eigenvalue weighted by Crippen LogP contribution is 2.31. The van der Waals surface area contributed by atoms with Crippen LogP contribution in [-0.4, -0.2) is 26.6 Å². The number of anilines is 3. The van der Waals surface area contributed by atoms with E-state index in [0.29, 0.717) is 16.9 Å². The molecule has 2 N–H and O–H groups in total. The second-order valence-electron chi connectivity index (χ2n) is 5.22. The SMILES string of the molecule is Cc1cc(C#N)nc(F)c1N(C)c1cc2c(ncn2C)c(N)n1. The summed E-state index contributed by atoms with van der Waals surface area (Å²) >= 11 is 0. The summed E-state index contributed by atoms with van der Waals surface area (Å²) in [6, 6.07) is 5.14. The first-order valence-electron chi connectivity index (χ1n) is 6.81. The molecule has 8 heteroatoms. The molecule has 3 aromatic heterocycles. The Kier molecular flexibility index (Phi) is 3.33. The van der Waals surface area contributed by atoms with Gasteiger partial charge in [-0.05, 0) is 18.6 Å². The predicted molar refractivity (Wildman–Crippen MR) is 84.6 cm³/mol. The number of nitrogens with two attached hydrogens (primary N) is 1. The molecule has 0 fully saturated rings. The lowest BCUT2D eigenvalue weighted by atomic mass is 10.2. The van der Waals surface area contributed by atoms with Gasteiger partial charge in [-0.25, -0.2) is 15.0 Å². The Hall–Kier alpha value is -3.21. The van der Waals surface area contributed by atoms with Crippen molar-refractivity contribution in [3.63, 3.8) is 0 Å². The van der Waals surface area contributed by atoms with Gasteiger partial charge < -0.3 is 15.2 Å². The molecule has 0 aliphatic heterocycles. The molecular weight excluding hydrogens is 297 g/mol. The van der Waals surface area contributed by atoms with Crippen molar-refractivity contribution in [1.29, 1.82) is 5.26 Å². The smallest absolute Gasteiger partial charge is 0.238 e. The number of aryl methyl sites for hydroxylation is 2. The summed E-state index contributed by atoms with van der Waals surface area (Å²) in [7, 11) is 3.51. The lowest BCUT2D eigenvalue weighted by molar-refractivity contribution is 0.581. The van der Waals surface area contributed by atoms with Crippen molar-refractivity contribution < 1.29 is 4.39 Å². The van der Waals surface area contributed by atoms with Gasteiger partial charge in [0.2, 0.25) is 5.95 Å². The fraction of sp³-hybridized carbons (Fsp3) is 0.200. The molecule has 3 heterocycles. The quantitative estimate of drug-likeness (QED) is 0.727. The molecule has 0 aliphatic carbocycles. The van der Waals surface area contributed by atoms with Gasteiger partial charge >= 0.3 is 0 Å². The van der Waals surface area contributed by atoms with Crippen LogP contribution in [0.4, 0.5) is 21.7 Å². The highest BCUT2D eigenvalue weighted by atomic mass is 19.1. The number of aromatic nitrogens is 4. The first-order chi connectivity index (χ1) is 10.9. The summed E-state index contributed by atoms with van der Waals surface area (Å²) in [5, 5.41) is 8.86. The second-order valence-corrected chi connectivity index (χ2v) is 5.22. The normalized spacial score (nSPS) is 10.7. The van der Waals surface area contributed by atoms with E-state index in [-0.39, 0.29) is 17.2 Å². The minimum Gasteiger partial charge on any atom is -0.382 e. The highest BCUT2D eigenvalue weighted by molar-refractivity contribution is 5.88. The van der Waals surface area contributed by atoms with E-state index in [1.807, 2.05) is 17.7 Å². The van der Waals surface area contributed by atoms with Gasteiger partial charge in [-0.15, -0.1) is 0 Å². The lowest BCUT2D eigenvalue weighted by Crippen LogP contribution is -2.16. The van der Waals surface area contributed by atoms with Gasteiger partial charge in [0, 0.05) is 20.2 Å². The molecule has 3 rings (SSSR count). The largest absolute Gasteiger partial charge is 0.382 e. The summed E-state index contributed by atoms with van der Waals surface area (Å²) in [6.45, 7) is 1.71. The molecule has 116 valence electrons. The van der Waals surface area contributed by atoms with Crippen molar-refractivity contribution in [2.45, 2.75) is 6.92 Å². The van der Waals surface area contributed by atoms with Crippen LogP contribution in [0, 0.1) is 24.2 Å². The number of hydrogen-bond acceptors (Lipinski definition) is 6. The molecule has 0 spiro atoms. The molecule has 0 aromatic carbocycles. The van der Waals surface area contributed by atoms with E-state index in [0.717, 1.165) is 5.52 Å². The lowest BCUT2D eigenvalue weighted by Gasteiger charge is -2.21. The average Bonchev–Trinajstić information content (AvgIpc) is 2.88. The second kappa shape index (κ2) is 5.21. The maximum Gasteiger partial charge on any atom is 0.238 e. The standard InChI is InChI=1S/C15H14FN7/c1-8-4-9(6-17)20-14(16)13(8)23(3)11-5-10-12(15(18)21-11)19-7-22(10)2/h4-5,7H,1-3H3,(H2,18,21). The van der Waals surface area contributed by atoms with Crippen LogP contribution < -0.4 is 10.6 Å². The van der Waals surface area contributed by atoms with E-state index < -0.39 is 5.95 Å². The molecule has 0 aliphatic rings. The van der Waals surface area contributed by atoms with Crippen LogP contribution in [-0.2, 0) is 7.05 Å². The number of nitrogen functional groups attached to an aromatic ring is 1. The predicted octanol–water partition coefficient (Wildman–Crippen LogP) is 2.03. The van der Waals surface area contributed by atoms with Crippen molar-refractivity contribution in [2.75, 3.05) is 17.7 Å². The monoisotopic (exact) mass is 311 g/mol. The summed E-state index contributed by atoms with van der Waals surface area (Å²) in [5.41, 5.74) is 8.20. The molecular formula is C15H14FN7. The number of rotatable bonds is 2. The number of halogens is 1. The number of nitrogens with zero attached hydrogens (tertiary/aromatic N) is 6. The van der Waals surface area contributed by atoms with Gasteiger partial charge in [-0.1, -0.05) is 0 Å². The Morgan fingerprint density at radius 3 is 2.74 bits per heavy atom. The number of fused-ring (bicyclic) bond motifs is 1. The van der Waals surface area contributed by atoms with Gasteiger partial charge in [-0.3, -0.25) is 0 Å². The molecule has 0 bridgehead atoms. The third-order valence-corrected chi connectivity index (χ3v) is 3.66. The molecule has 0 unspecified atom stereocenters. The highest BCUT2D eigenvalue weighted by Gasteiger charge is 2.18. The third-order valence-electron chi connectivity index (χ3n) is 3.66. The average molecular weight is 311 g/mol. The minimum atomic E-state index is -0.727. The summed E-state index contributed by atoms with van der Waals surface area (Å²) in [4.78, 5) is 13.7. The molecule has 23 heavy (non-hydrogen) atoms. The van der Waals surface area contributed by atoms with Crippen LogP contribution in [0.3, 0.4) is 0 Å². The summed E-state index contributed by atoms with van der Waals surface area (Å²) < 4.78 is 16.1. The molecule has 0 atom stereocenters. The topological polar surface area (TPSA) is 96.7 Å². The van der Waals surface area contributed by atoms with E-state index in [9.17, 15) is 4.39 Å². The number of hydrogen-bond donors (Lipinski definition) is 1. The fourth-order valence-corrected chi connectivity index (χ4v) is 2.51. The van der Waals surface area contributed by atoms with E-state index >= 15 is 0 Å². The minimum absolute atomic E-state index is 0.0340.